The van der Waals surface area contributed by atoms with Gasteiger partial charge in [-0.3, -0.25) is 4.90 Å². The molecule has 0 bridgehead atoms. The first kappa shape index (κ1) is 13.3. The van der Waals surface area contributed by atoms with Crippen LogP contribution in [0.15, 0.2) is 22.7 Å². The number of benzene rings is 1. The van der Waals surface area contributed by atoms with Crippen molar-refractivity contribution >= 4 is 15.9 Å². The number of aromatic hydroxyl groups is 1. The van der Waals surface area contributed by atoms with Crippen molar-refractivity contribution in [1.29, 1.82) is 5.26 Å². The SMILES string of the molecule is N#CC[C@@H](c1cccc(Br)c1O)N1CCNCC1. The maximum atomic E-state index is 10.1. The van der Waals surface area contributed by atoms with E-state index in [4.69, 9.17) is 5.26 Å². The van der Waals surface area contributed by atoms with Crippen LogP contribution in [0.3, 0.4) is 0 Å². The number of halogens is 1. The van der Waals surface area contributed by atoms with E-state index >= 15 is 0 Å². The topological polar surface area (TPSA) is 59.3 Å². The molecule has 1 heterocycles. The van der Waals surface area contributed by atoms with Crippen LogP contribution in [-0.4, -0.2) is 36.2 Å². The van der Waals surface area contributed by atoms with Crippen LogP contribution in [0.2, 0.25) is 0 Å². The van der Waals surface area contributed by atoms with Gasteiger partial charge in [0.2, 0.25) is 0 Å². The van der Waals surface area contributed by atoms with Crippen molar-refractivity contribution in [3.8, 4) is 11.8 Å². The summed E-state index contributed by atoms with van der Waals surface area (Å²) >= 11 is 3.33. The normalized spacial score (nSPS) is 18.2. The van der Waals surface area contributed by atoms with Gasteiger partial charge in [0.15, 0.2) is 0 Å². The third-order valence-corrected chi connectivity index (χ3v) is 3.89. The Morgan fingerprint density at radius 3 is 2.83 bits per heavy atom. The molecule has 0 amide bonds. The summed E-state index contributed by atoms with van der Waals surface area (Å²) in [7, 11) is 0. The molecule has 4 nitrogen and oxygen atoms in total. The second-order valence-corrected chi connectivity index (χ2v) is 5.20. The summed E-state index contributed by atoms with van der Waals surface area (Å²) < 4.78 is 0.679. The standard InChI is InChI=1S/C13H16BrN3O/c14-11-3-1-2-10(13(11)18)12(4-5-15)17-8-6-16-7-9-17/h1-3,12,16,18H,4,6-9H2/t12-/m0/s1. The molecule has 1 aromatic carbocycles. The number of hydrogen-bond acceptors (Lipinski definition) is 4. The van der Waals surface area contributed by atoms with Crippen molar-refractivity contribution in [3.05, 3.63) is 28.2 Å². The number of hydrogen-bond donors (Lipinski definition) is 2. The first-order valence-corrected chi connectivity index (χ1v) is 6.82. The minimum absolute atomic E-state index is 0.0328. The molecule has 1 aromatic rings. The molecule has 1 saturated heterocycles. The van der Waals surface area contributed by atoms with Gasteiger partial charge in [-0.1, -0.05) is 12.1 Å². The second kappa shape index (κ2) is 6.19. The molecule has 2 rings (SSSR count). The van der Waals surface area contributed by atoms with Gasteiger partial charge in [-0.05, 0) is 22.0 Å². The van der Waals surface area contributed by atoms with Crippen molar-refractivity contribution in [1.82, 2.24) is 10.2 Å². The highest BCUT2D eigenvalue weighted by Crippen LogP contribution is 2.35. The van der Waals surface area contributed by atoms with E-state index in [9.17, 15) is 5.11 Å². The van der Waals surface area contributed by atoms with Gasteiger partial charge in [-0.25, -0.2) is 0 Å². The lowest BCUT2D eigenvalue weighted by molar-refractivity contribution is 0.173. The average Bonchev–Trinajstić information content (AvgIpc) is 2.41. The van der Waals surface area contributed by atoms with Crippen LogP contribution in [-0.2, 0) is 0 Å². The largest absolute Gasteiger partial charge is 0.506 e. The Balaban J connectivity index is 2.28. The van der Waals surface area contributed by atoms with Gasteiger partial charge in [-0.2, -0.15) is 5.26 Å². The number of rotatable bonds is 3. The van der Waals surface area contributed by atoms with E-state index in [1.165, 1.54) is 0 Å². The van der Waals surface area contributed by atoms with Crippen LogP contribution in [0.25, 0.3) is 0 Å². The summed E-state index contributed by atoms with van der Waals surface area (Å²) in [6.45, 7) is 3.66. The number of piperazine rings is 1. The lowest BCUT2D eigenvalue weighted by atomic mass is 10.0. The third-order valence-electron chi connectivity index (χ3n) is 3.25. The molecule has 18 heavy (non-hydrogen) atoms. The summed E-state index contributed by atoms with van der Waals surface area (Å²) in [5, 5.41) is 22.4. The molecule has 0 spiro atoms. The van der Waals surface area contributed by atoms with Gasteiger partial charge in [0.05, 0.1) is 23.0 Å². The Morgan fingerprint density at radius 2 is 2.17 bits per heavy atom. The summed E-state index contributed by atoms with van der Waals surface area (Å²) in [4.78, 5) is 2.25. The fraction of sp³-hybridized carbons (Fsp3) is 0.462. The molecule has 2 N–H and O–H groups in total. The average molecular weight is 310 g/mol. The van der Waals surface area contributed by atoms with Crippen LogP contribution in [0.4, 0.5) is 0 Å². The van der Waals surface area contributed by atoms with Crippen molar-refractivity contribution in [3.63, 3.8) is 0 Å². The van der Waals surface area contributed by atoms with Gasteiger partial charge in [-0.15, -0.1) is 0 Å². The number of nitrogens with one attached hydrogen (secondary N) is 1. The van der Waals surface area contributed by atoms with Crippen molar-refractivity contribution in [2.45, 2.75) is 12.5 Å². The fourth-order valence-electron chi connectivity index (χ4n) is 2.32. The molecular weight excluding hydrogens is 294 g/mol. The van der Waals surface area contributed by atoms with E-state index in [0.29, 0.717) is 10.9 Å². The minimum atomic E-state index is -0.0328. The van der Waals surface area contributed by atoms with Crippen LogP contribution >= 0.6 is 15.9 Å². The molecule has 1 aliphatic heterocycles. The Labute approximate surface area is 115 Å². The number of para-hydroxylation sites is 1. The summed E-state index contributed by atoms with van der Waals surface area (Å²) in [6.07, 6.45) is 0.393. The van der Waals surface area contributed by atoms with Gasteiger partial charge in [0, 0.05) is 31.7 Å². The molecule has 0 saturated carbocycles. The second-order valence-electron chi connectivity index (χ2n) is 4.34. The molecule has 1 aliphatic rings. The van der Waals surface area contributed by atoms with Crippen molar-refractivity contribution < 1.29 is 5.11 Å². The maximum Gasteiger partial charge on any atom is 0.134 e. The summed E-state index contributed by atoms with van der Waals surface area (Å²) in [5.74, 6) is 0.247. The van der Waals surface area contributed by atoms with E-state index in [1.54, 1.807) is 6.07 Å². The molecule has 1 fully saturated rings. The Kier molecular flexibility index (Phi) is 4.59. The molecule has 5 heteroatoms. The first-order valence-electron chi connectivity index (χ1n) is 6.03. The molecule has 0 aromatic heterocycles. The Bertz CT molecular complexity index is 452. The van der Waals surface area contributed by atoms with Gasteiger partial charge >= 0.3 is 0 Å². The fourth-order valence-corrected chi connectivity index (χ4v) is 2.70. The van der Waals surface area contributed by atoms with Crippen LogP contribution in [0.1, 0.15) is 18.0 Å². The number of phenols is 1. The van der Waals surface area contributed by atoms with E-state index in [-0.39, 0.29) is 11.8 Å². The zero-order valence-corrected chi connectivity index (χ0v) is 11.7. The van der Waals surface area contributed by atoms with Gasteiger partial charge in [0.25, 0.3) is 0 Å². The van der Waals surface area contributed by atoms with E-state index in [2.05, 4.69) is 32.2 Å². The van der Waals surface area contributed by atoms with Crippen LogP contribution in [0, 0.1) is 11.3 Å². The van der Waals surface area contributed by atoms with Crippen LogP contribution < -0.4 is 5.32 Å². The summed E-state index contributed by atoms with van der Waals surface area (Å²) in [6, 6.07) is 7.78. The monoisotopic (exact) mass is 309 g/mol. The predicted octanol–water partition coefficient (Wildman–Crippen LogP) is 2.01. The number of phenolic OH excluding ortho intramolecular Hbond substituents is 1. The highest BCUT2D eigenvalue weighted by molar-refractivity contribution is 9.10. The predicted molar refractivity (Wildman–Crippen MR) is 73.2 cm³/mol. The first-order chi connectivity index (χ1) is 8.74. The number of nitrogens with zero attached hydrogens (tertiary/aromatic N) is 2. The number of nitriles is 1. The third kappa shape index (κ3) is 2.83. The van der Waals surface area contributed by atoms with Gasteiger partial charge in [0.1, 0.15) is 5.75 Å². The van der Waals surface area contributed by atoms with E-state index in [0.717, 1.165) is 31.7 Å². The van der Waals surface area contributed by atoms with Gasteiger partial charge < -0.3 is 10.4 Å². The summed E-state index contributed by atoms with van der Waals surface area (Å²) in [5.41, 5.74) is 0.827. The smallest absolute Gasteiger partial charge is 0.134 e. The molecule has 96 valence electrons. The zero-order valence-electron chi connectivity index (χ0n) is 10.1. The molecule has 0 unspecified atom stereocenters. The highest BCUT2D eigenvalue weighted by Gasteiger charge is 2.24. The van der Waals surface area contributed by atoms with Crippen molar-refractivity contribution in [2.24, 2.45) is 0 Å². The Hall–Kier alpha value is -1.09. The Morgan fingerprint density at radius 1 is 1.44 bits per heavy atom. The zero-order chi connectivity index (χ0) is 13.0. The van der Waals surface area contributed by atoms with Crippen molar-refractivity contribution in [2.75, 3.05) is 26.2 Å². The quantitative estimate of drug-likeness (QED) is 0.897. The molecular formula is C13H16BrN3O. The molecule has 0 aliphatic carbocycles. The highest BCUT2D eigenvalue weighted by atomic mass is 79.9. The molecule has 0 radical (unpaired) electrons. The van der Waals surface area contributed by atoms with E-state index in [1.807, 2.05) is 12.1 Å². The lowest BCUT2D eigenvalue weighted by Crippen LogP contribution is -2.45. The van der Waals surface area contributed by atoms with Crippen LogP contribution in [0.5, 0.6) is 5.75 Å². The lowest BCUT2D eigenvalue weighted by Gasteiger charge is -2.34. The van der Waals surface area contributed by atoms with E-state index < -0.39 is 0 Å². The molecule has 1 atom stereocenters. The minimum Gasteiger partial charge on any atom is -0.506 e. The maximum absolute atomic E-state index is 10.1.